The summed E-state index contributed by atoms with van der Waals surface area (Å²) in [5.74, 6) is 2.39. The highest BCUT2D eigenvalue weighted by Crippen LogP contribution is 2.37. The van der Waals surface area contributed by atoms with Crippen LogP contribution in [0.2, 0.25) is 0 Å². The van der Waals surface area contributed by atoms with Gasteiger partial charge in [-0.05, 0) is 47.9 Å². The van der Waals surface area contributed by atoms with Crippen molar-refractivity contribution in [1.29, 1.82) is 0 Å². The lowest BCUT2D eigenvalue weighted by atomic mass is 9.77. The van der Waals surface area contributed by atoms with Crippen molar-refractivity contribution in [2.45, 2.75) is 39.3 Å². The third-order valence-corrected chi connectivity index (χ3v) is 4.27. The summed E-state index contributed by atoms with van der Waals surface area (Å²) in [5, 5.41) is 0. The van der Waals surface area contributed by atoms with Crippen LogP contribution in [0.5, 0.6) is 5.75 Å². The highest BCUT2D eigenvalue weighted by molar-refractivity contribution is 5.39. The summed E-state index contributed by atoms with van der Waals surface area (Å²) in [6.07, 6.45) is 7.88. The van der Waals surface area contributed by atoms with E-state index in [4.69, 9.17) is 4.74 Å². The van der Waals surface area contributed by atoms with E-state index in [1.165, 1.54) is 24.0 Å². The van der Waals surface area contributed by atoms with Crippen LogP contribution in [0.1, 0.15) is 37.3 Å². The number of hydrogen-bond acceptors (Lipinski definition) is 2. The van der Waals surface area contributed by atoms with Gasteiger partial charge < -0.3 is 9.30 Å². The zero-order chi connectivity index (χ0) is 13.2. The molecule has 1 aliphatic carbocycles. The number of hydrogen-bond donors (Lipinski definition) is 0. The maximum absolute atomic E-state index is 5.80. The summed E-state index contributed by atoms with van der Waals surface area (Å²) in [5.41, 5.74) is 2.95. The van der Waals surface area contributed by atoms with Gasteiger partial charge in [0.15, 0.2) is 6.73 Å². The van der Waals surface area contributed by atoms with Crippen molar-refractivity contribution in [2.24, 2.45) is 5.92 Å². The van der Waals surface area contributed by atoms with E-state index in [1.807, 2.05) is 10.8 Å². The Balaban J connectivity index is 1.74. The molecule has 2 unspecified atom stereocenters. The molecular formula is C16H20N2O. The summed E-state index contributed by atoms with van der Waals surface area (Å²) in [7, 11) is 0. The Morgan fingerprint density at radius 1 is 1.37 bits per heavy atom. The zero-order valence-electron chi connectivity index (χ0n) is 11.5. The van der Waals surface area contributed by atoms with Gasteiger partial charge in [-0.1, -0.05) is 19.9 Å². The molecule has 0 amide bonds. The topological polar surface area (TPSA) is 27.1 Å². The fraction of sp³-hybridized carbons (Fsp3) is 0.438. The van der Waals surface area contributed by atoms with Crippen LogP contribution < -0.4 is 4.74 Å². The van der Waals surface area contributed by atoms with Crippen molar-refractivity contribution in [1.82, 2.24) is 9.55 Å². The van der Waals surface area contributed by atoms with Gasteiger partial charge in [-0.2, -0.15) is 0 Å². The van der Waals surface area contributed by atoms with E-state index >= 15 is 0 Å². The van der Waals surface area contributed by atoms with E-state index in [0.29, 0.717) is 12.6 Å². The molecule has 0 N–H and O–H groups in total. The molecule has 2 atom stereocenters. The molecule has 3 heteroatoms. The molecule has 0 radical (unpaired) electrons. The SMILES string of the molecule is CC1CCc2cc(OCn3ccnc3)ccc2C1C. The Hall–Kier alpha value is -1.77. The van der Waals surface area contributed by atoms with Gasteiger partial charge >= 0.3 is 0 Å². The predicted octanol–water partition coefficient (Wildman–Crippen LogP) is 3.61. The first-order chi connectivity index (χ1) is 9.24. The molecule has 0 saturated carbocycles. The summed E-state index contributed by atoms with van der Waals surface area (Å²) in [6, 6.07) is 6.53. The minimum absolute atomic E-state index is 0.519. The summed E-state index contributed by atoms with van der Waals surface area (Å²) in [4.78, 5) is 4.01. The fourth-order valence-electron chi connectivity index (χ4n) is 2.78. The minimum atomic E-state index is 0.519. The summed E-state index contributed by atoms with van der Waals surface area (Å²) < 4.78 is 7.72. The van der Waals surface area contributed by atoms with E-state index in [2.05, 4.69) is 37.0 Å². The normalized spacial score (nSPS) is 22.0. The molecule has 100 valence electrons. The number of ether oxygens (including phenoxy) is 1. The van der Waals surface area contributed by atoms with Crippen LogP contribution in [0.25, 0.3) is 0 Å². The first-order valence-corrected chi connectivity index (χ1v) is 6.95. The Bertz CT molecular complexity index is 548. The quantitative estimate of drug-likeness (QED) is 0.839. The highest BCUT2D eigenvalue weighted by Gasteiger charge is 2.22. The van der Waals surface area contributed by atoms with Crippen molar-refractivity contribution in [3.63, 3.8) is 0 Å². The summed E-state index contributed by atoms with van der Waals surface area (Å²) >= 11 is 0. The van der Waals surface area contributed by atoms with Gasteiger partial charge in [0.1, 0.15) is 5.75 Å². The van der Waals surface area contributed by atoms with Crippen molar-refractivity contribution >= 4 is 0 Å². The number of aromatic nitrogens is 2. The van der Waals surface area contributed by atoms with Crippen LogP contribution in [0, 0.1) is 5.92 Å². The Morgan fingerprint density at radius 2 is 2.26 bits per heavy atom. The monoisotopic (exact) mass is 256 g/mol. The van der Waals surface area contributed by atoms with Gasteiger partial charge in [-0.3, -0.25) is 0 Å². The molecule has 0 saturated heterocycles. The van der Waals surface area contributed by atoms with Gasteiger partial charge in [0.25, 0.3) is 0 Å². The van der Waals surface area contributed by atoms with Gasteiger partial charge in [-0.25, -0.2) is 4.98 Å². The molecule has 3 rings (SSSR count). The zero-order valence-corrected chi connectivity index (χ0v) is 11.5. The second-order valence-electron chi connectivity index (χ2n) is 5.52. The second kappa shape index (κ2) is 5.08. The molecule has 1 aromatic heterocycles. The maximum Gasteiger partial charge on any atom is 0.165 e. The molecule has 3 nitrogen and oxygen atoms in total. The highest BCUT2D eigenvalue weighted by atomic mass is 16.5. The van der Waals surface area contributed by atoms with E-state index in [0.717, 1.165) is 11.7 Å². The van der Waals surface area contributed by atoms with Crippen molar-refractivity contribution in [2.75, 3.05) is 0 Å². The maximum atomic E-state index is 5.80. The molecule has 2 aromatic rings. The van der Waals surface area contributed by atoms with Gasteiger partial charge in [-0.15, -0.1) is 0 Å². The number of imidazole rings is 1. The smallest absolute Gasteiger partial charge is 0.165 e. The molecule has 1 aliphatic rings. The average molecular weight is 256 g/mol. The number of rotatable bonds is 3. The van der Waals surface area contributed by atoms with E-state index in [9.17, 15) is 0 Å². The largest absolute Gasteiger partial charge is 0.473 e. The predicted molar refractivity (Wildman–Crippen MR) is 75.2 cm³/mol. The first kappa shape index (κ1) is 12.3. The molecular weight excluding hydrogens is 236 g/mol. The fourth-order valence-corrected chi connectivity index (χ4v) is 2.78. The lowest BCUT2D eigenvalue weighted by Gasteiger charge is -2.28. The molecule has 1 aromatic carbocycles. The van der Waals surface area contributed by atoms with Crippen LogP contribution in [0.3, 0.4) is 0 Å². The minimum Gasteiger partial charge on any atom is -0.473 e. The number of fused-ring (bicyclic) bond motifs is 1. The number of benzene rings is 1. The van der Waals surface area contributed by atoms with Gasteiger partial charge in [0, 0.05) is 12.4 Å². The van der Waals surface area contributed by atoms with Crippen molar-refractivity contribution < 1.29 is 4.74 Å². The van der Waals surface area contributed by atoms with E-state index < -0.39 is 0 Å². The molecule has 0 bridgehead atoms. The first-order valence-electron chi connectivity index (χ1n) is 6.95. The standard InChI is InChI=1S/C16H20N2O/c1-12-3-4-14-9-15(5-6-16(14)13(12)2)19-11-18-8-7-17-10-18/h5-10,12-13H,3-4,11H2,1-2H3. The van der Waals surface area contributed by atoms with Crippen molar-refractivity contribution in [3.8, 4) is 5.75 Å². The van der Waals surface area contributed by atoms with Crippen LogP contribution >= 0.6 is 0 Å². The number of nitrogens with zero attached hydrogens (tertiary/aromatic N) is 2. The molecule has 1 heterocycles. The lowest BCUT2D eigenvalue weighted by molar-refractivity contribution is 0.236. The van der Waals surface area contributed by atoms with Crippen LogP contribution in [-0.2, 0) is 13.2 Å². The van der Waals surface area contributed by atoms with Crippen molar-refractivity contribution in [3.05, 3.63) is 48.0 Å². The Labute approximate surface area is 114 Å². The van der Waals surface area contributed by atoms with E-state index in [1.54, 1.807) is 12.5 Å². The molecule has 19 heavy (non-hydrogen) atoms. The second-order valence-corrected chi connectivity index (χ2v) is 5.52. The Kier molecular flexibility index (Phi) is 3.28. The Morgan fingerprint density at radius 3 is 3.05 bits per heavy atom. The van der Waals surface area contributed by atoms with E-state index in [-0.39, 0.29) is 0 Å². The molecule has 0 spiro atoms. The third kappa shape index (κ3) is 2.50. The number of aryl methyl sites for hydroxylation is 1. The average Bonchev–Trinajstić information content (AvgIpc) is 2.94. The van der Waals surface area contributed by atoms with Gasteiger partial charge in [0.05, 0.1) is 6.33 Å². The van der Waals surface area contributed by atoms with Crippen LogP contribution in [0.15, 0.2) is 36.9 Å². The molecule has 0 fully saturated rings. The van der Waals surface area contributed by atoms with Gasteiger partial charge in [0.2, 0.25) is 0 Å². The molecule has 0 aliphatic heterocycles. The summed E-state index contributed by atoms with van der Waals surface area (Å²) in [6.45, 7) is 5.19. The third-order valence-electron chi connectivity index (χ3n) is 4.27. The van der Waals surface area contributed by atoms with Crippen LogP contribution in [-0.4, -0.2) is 9.55 Å². The van der Waals surface area contributed by atoms with Crippen LogP contribution in [0.4, 0.5) is 0 Å². The lowest BCUT2D eigenvalue weighted by Crippen LogP contribution is -2.16.